The molecule has 1 N–H and O–H groups in total. The number of ether oxygens (including phenoxy) is 2. The van der Waals surface area contributed by atoms with E-state index in [0.717, 1.165) is 5.56 Å². The highest BCUT2D eigenvalue weighted by Crippen LogP contribution is 2.23. The van der Waals surface area contributed by atoms with E-state index in [2.05, 4.69) is 5.32 Å². The number of carbonyl (C=O) groups is 2. The summed E-state index contributed by atoms with van der Waals surface area (Å²) in [5, 5.41) is 2.86. The van der Waals surface area contributed by atoms with Crippen LogP contribution in [-0.4, -0.2) is 55.7 Å². The number of amides is 3. The Labute approximate surface area is 200 Å². The standard InChI is InChI=1S/C26H31N3O5/c1-32-16-9-15-28(26(31)27-23-13-6-7-14-24(23)33-2)20-25(30)29(19-22-12-8-17-34-22)18-21-10-4-3-5-11-21/h3-8,10-14,17H,9,15-16,18-20H2,1-2H3,(H,27,31). The van der Waals surface area contributed by atoms with Crippen LogP contribution in [0.5, 0.6) is 5.75 Å². The zero-order chi connectivity index (χ0) is 24.2. The molecule has 0 spiro atoms. The van der Waals surface area contributed by atoms with Crippen molar-refractivity contribution in [2.24, 2.45) is 0 Å². The number of urea groups is 1. The van der Waals surface area contributed by atoms with Gasteiger partial charge in [-0.25, -0.2) is 4.79 Å². The Balaban J connectivity index is 1.75. The van der Waals surface area contributed by atoms with Crippen LogP contribution in [0.1, 0.15) is 17.7 Å². The van der Waals surface area contributed by atoms with Crippen LogP contribution in [0.4, 0.5) is 10.5 Å². The number of nitrogens with zero attached hydrogens (tertiary/aromatic N) is 2. The van der Waals surface area contributed by atoms with Crippen LogP contribution < -0.4 is 10.1 Å². The smallest absolute Gasteiger partial charge is 0.322 e. The lowest BCUT2D eigenvalue weighted by atomic mass is 10.2. The van der Waals surface area contributed by atoms with Gasteiger partial charge in [0.25, 0.3) is 0 Å². The molecule has 180 valence electrons. The molecule has 0 fully saturated rings. The molecule has 3 aromatic rings. The van der Waals surface area contributed by atoms with E-state index in [1.807, 2.05) is 48.5 Å². The Morgan fingerprint density at radius 1 is 0.912 bits per heavy atom. The monoisotopic (exact) mass is 465 g/mol. The Morgan fingerprint density at radius 3 is 2.38 bits per heavy atom. The van der Waals surface area contributed by atoms with Crippen molar-refractivity contribution in [3.8, 4) is 5.75 Å². The van der Waals surface area contributed by atoms with Gasteiger partial charge in [0, 0.05) is 26.8 Å². The topological polar surface area (TPSA) is 84.2 Å². The van der Waals surface area contributed by atoms with Crippen LogP contribution in [0.25, 0.3) is 0 Å². The lowest BCUT2D eigenvalue weighted by Crippen LogP contribution is -2.44. The number of nitrogens with one attached hydrogen (secondary N) is 1. The second kappa shape index (κ2) is 13.1. The number of para-hydroxylation sites is 2. The van der Waals surface area contributed by atoms with Gasteiger partial charge in [-0.1, -0.05) is 42.5 Å². The summed E-state index contributed by atoms with van der Waals surface area (Å²) >= 11 is 0. The van der Waals surface area contributed by atoms with E-state index in [1.165, 1.54) is 4.90 Å². The van der Waals surface area contributed by atoms with E-state index in [9.17, 15) is 9.59 Å². The predicted octanol–water partition coefficient (Wildman–Crippen LogP) is 4.39. The van der Waals surface area contributed by atoms with Crippen LogP contribution >= 0.6 is 0 Å². The van der Waals surface area contributed by atoms with Crippen LogP contribution in [-0.2, 0) is 22.6 Å². The van der Waals surface area contributed by atoms with E-state index < -0.39 is 0 Å². The molecule has 1 aromatic heterocycles. The number of anilines is 1. The summed E-state index contributed by atoms with van der Waals surface area (Å²) in [6.45, 7) is 1.46. The van der Waals surface area contributed by atoms with Gasteiger partial charge in [0.15, 0.2) is 0 Å². The highest BCUT2D eigenvalue weighted by molar-refractivity contribution is 5.93. The third-order valence-electron chi connectivity index (χ3n) is 5.23. The number of methoxy groups -OCH3 is 2. The number of carbonyl (C=O) groups excluding carboxylic acids is 2. The fourth-order valence-electron chi connectivity index (χ4n) is 3.48. The summed E-state index contributed by atoms with van der Waals surface area (Å²) in [5.41, 5.74) is 1.53. The van der Waals surface area contributed by atoms with Gasteiger partial charge < -0.3 is 29.0 Å². The zero-order valence-corrected chi connectivity index (χ0v) is 19.6. The van der Waals surface area contributed by atoms with Crippen molar-refractivity contribution in [3.05, 3.63) is 84.3 Å². The highest BCUT2D eigenvalue weighted by atomic mass is 16.5. The van der Waals surface area contributed by atoms with Crippen molar-refractivity contribution in [2.75, 3.05) is 39.2 Å². The Morgan fingerprint density at radius 2 is 1.68 bits per heavy atom. The van der Waals surface area contributed by atoms with E-state index in [0.29, 0.717) is 49.9 Å². The predicted molar refractivity (Wildman–Crippen MR) is 129 cm³/mol. The quantitative estimate of drug-likeness (QED) is 0.401. The largest absolute Gasteiger partial charge is 0.495 e. The minimum absolute atomic E-state index is 0.0851. The molecular weight excluding hydrogens is 434 g/mol. The molecule has 8 heteroatoms. The fraction of sp³-hybridized carbons (Fsp3) is 0.308. The highest BCUT2D eigenvalue weighted by Gasteiger charge is 2.23. The molecule has 2 aromatic carbocycles. The molecule has 0 bridgehead atoms. The maximum atomic E-state index is 13.4. The summed E-state index contributed by atoms with van der Waals surface area (Å²) in [7, 11) is 3.15. The molecule has 0 aliphatic heterocycles. The number of furan rings is 1. The first-order chi connectivity index (χ1) is 16.6. The Kier molecular flexibility index (Phi) is 9.54. The summed E-state index contributed by atoms with van der Waals surface area (Å²) in [4.78, 5) is 29.7. The normalized spacial score (nSPS) is 10.5. The van der Waals surface area contributed by atoms with Crippen molar-refractivity contribution in [3.63, 3.8) is 0 Å². The van der Waals surface area contributed by atoms with Gasteiger partial charge in [0.05, 0.1) is 25.6 Å². The van der Waals surface area contributed by atoms with Gasteiger partial charge in [-0.15, -0.1) is 0 Å². The van der Waals surface area contributed by atoms with Gasteiger partial charge in [-0.3, -0.25) is 4.79 Å². The molecule has 0 saturated carbocycles. The van der Waals surface area contributed by atoms with Crippen molar-refractivity contribution in [1.29, 1.82) is 0 Å². The molecule has 3 rings (SSSR count). The van der Waals surface area contributed by atoms with Crippen molar-refractivity contribution >= 4 is 17.6 Å². The minimum Gasteiger partial charge on any atom is -0.495 e. The first-order valence-corrected chi connectivity index (χ1v) is 11.1. The molecule has 1 heterocycles. The molecule has 8 nitrogen and oxygen atoms in total. The summed E-state index contributed by atoms with van der Waals surface area (Å²) in [6.07, 6.45) is 2.18. The van der Waals surface area contributed by atoms with E-state index in [4.69, 9.17) is 13.9 Å². The number of hydrogen-bond acceptors (Lipinski definition) is 5. The summed E-state index contributed by atoms with van der Waals surface area (Å²) < 4.78 is 15.9. The van der Waals surface area contributed by atoms with Gasteiger partial charge in [-0.2, -0.15) is 0 Å². The maximum Gasteiger partial charge on any atom is 0.322 e. The number of benzene rings is 2. The molecule has 0 radical (unpaired) electrons. The maximum absolute atomic E-state index is 13.4. The van der Waals surface area contributed by atoms with Crippen LogP contribution in [0.2, 0.25) is 0 Å². The van der Waals surface area contributed by atoms with Crippen molar-refractivity contribution < 1.29 is 23.5 Å². The van der Waals surface area contributed by atoms with Crippen molar-refractivity contribution in [2.45, 2.75) is 19.5 Å². The molecular formula is C26H31N3O5. The average molecular weight is 466 g/mol. The average Bonchev–Trinajstić information content (AvgIpc) is 3.37. The first kappa shape index (κ1) is 24.9. The third-order valence-corrected chi connectivity index (χ3v) is 5.23. The van der Waals surface area contributed by atoms with Gasteiger partial charge >= 0.3 is 6.03 Å². The van der Waals surface area contributed by atoms with E-state index >= 15 is 0 Å². The lowest BCUT2D eigenvalue weighted by molar-refractivity contribution is -0.133. The minimum atomic E-state index is -0.383. The molecule has 0 saturated heterocycles. The summed E-state index contributed by atoms with van der Waals surface area (Å²) in [5.74, 6) is 1.03. The molecule has 3 amide bonds. The van der Waals surface area contributed by atoms with E-state index in [-0.39, 0.29) is 18.5 Å². The molecule has 34 heavy (non-hydrogen) atoms. The Hall–Kier alpha value is -3.78. The van der Waals surface area contributed by atoms with Crippen molar-refractivity contribution in [1.82, 2.24) is 9.80 Å². The first-order valence-electron chi connectivity index (χ1n) is 11.1. The van der Waals surface area contributed by atoms with E-state index in [1.54, 1.807) is 43.6 Å². The second-order valence-electron chi connectivity index (χ2n) is 7.71. The van der Waals surface area contributed by atoms with Gasteiger partial charge in [0.1, 0.15) is 18.1 Å². The fourth-order valence-corrected chi connectivity index (χ4v) is 3.48. The third kappa shape index (κ3) is 7.38. The second-order valence-corrected chi connectivity index (χ2v) is 7.71. The van der Waals surface area contributed by atoms with Gasteiger partial charge in [0.2, 0.25) is 5.91 Å². The van der Waals surface area contributed by atoms with Gasteiger partial charge in [-0.05, 0) is 36.2 Å². The zero-order valence-electron chi connectivity index (χ0n) is 19.6. The summed E-state index contributed by atoms with van der Waals surface area (Å²) in [6, 6.07) is 20.1. The number of rotatable bonds is 12. The van der Waals surface area contributed by atoms with Crippen LogP contribution in [0.3, 0.4) is 0 Å². The SMILES string of the molecule is COCCCN(CC(=O)N(Cc1ccccc1)Cc1ccco1)C(=O)Nc1ccccc1OC. The Bertz CT molecular complexity index is 1020. The molecule has 0 atom stereocenters. The lowest BCUT2D eigenvalue weighted by Gasteiger charge is -2.28. The number of hydrogen-bond donors (Lipinski definition) is 1. The molecule has 0 unspecified atom stereocenters. The molecule has 0 aliphatic carbocycles. The molecule has 0 aliphatic rings. The van der Waals surface area contributed by atoms with Crippen LogP contribution in [0, 0.1) is 0 Å². The van der Waals surface area contributed by atoms with Crippen LogP contribution in [0.15, 0.2) is 77.4 Å².